The first-order chi connectivity index (χ1) is 17.4. The maximum Gasteiger partial charge on any atom is 0.343 e. The maximum atomic E-state index is 12.8. The molecule has 0 aliphatic carbocycles. The van der Waals surface area contributed by atoms with E-state index in [4.69, 9.17) is 25.8 Å². The van der Waals surface area contributed by atoms with Gasteiger partial charge in [0.25, 0.3) is 5.91 Å². The molecule has 7 nitrogen and oxygen atoms in total. The first-order valence-electron chi connectivity index (χ1n) is 11.1. The lowest BCUT2D eigenvalue weighted by molar-refractivity contribution is -0.127. The number of ether oxygens (including phenoxy) is 3. The number of halogens is 1. The second-order valence-electron chi connectivity index (χ2n) is 7.76. The Labute approximate surface area is 213 Å². The van der Waals surface area contributed by atoms with E-state index >= 15 is 0 Å². The normalized spacial score (nSPS) is 11.8. The zero-order valence-electron chi connectivity index (χ0n) is 19.6. The molecule has 0 radical (unpaired) electrons. The number of hydrazone groups is 1. The van der Waals surface area contributed by atoms with Gasteiger partial charge in [0.2, 0.25) is 0 Å². The van der Waals surface area contributed by atoms with Crippen LogP contribution in [0.4, 0.5) is 0 Å². The van der Waals surface area contributed by atoms with Crippen LogP contribution in [0.15, 0.2) is 90.0 Å². The Kier molecular flexibility index (Phi) is 7.82. The Morgan fingerprint density at radius 1 is 0.917 bits per heavy atom. The SMILES string of the molecule is COc1ccc(C(=O)Oc2ccc3ccccc3c2/C=N\NC(=O)[C@H](C)Oc2ccc(Cl)cc2)cc1. The van der Waals surface area contributed by atoms with Crippen molar-refractivity contribution in [1.29, 1.82) is 0 Å². The van der Waals surface area contributed by atoms with Crippen LogP contribution in [0.25, 0.3) is 10.8 Å². The smallest absolute Gasteiger partial charge is 0.343 e. The number of carbonyl (C=O) groups excluding carboxylic acids is 2. The van der Waals surface area contributed by atoms with Gasteiger partial charge in [-0.1, -0.05) is 41.9 Å². The number of hydrogen-bond donors (Lipinski definition) is 1. The number of nitrogens with one attached hydrogen (secondary N) is 1. The molecule has 182 valence electrons. The summed E-state index contributed by atoms with van der Waals surface area (Å²) in [6, 6.07) is 24.5. The van der Waals surface area contributed by atoms with Crippen LogP contribution in [0.3, 0.4) is 0 Å². The molecule has 0 saturated heterocycles. The van der Waals surface area contributed by atoms with Crippen LogP contribution >= 0.6 is 11.6 Å². The number of hydrogen-bond acceptors (Lipinski definition) is 6. The lowest BCUT2D eigenvalue weighted by atomic mass is 10.0. The summed E-state index contributed by atoms with van der Waals surface area (Å²) in [5, 5.41) is 6.40. The Bertz CT molecular complexity index is 1400. The monoisotopic (exact) mass is 502 g/mol. The van der Waals surface area contributed by atoms with Crippen molar-refractivity contribution < 1.29 is 23.8 Å². The van der Waals surface area contributed by atoms with Crippen molar-refractivity contribution in [3.63, 3.8) is 0 Å². The number of amides is 1. The van der Waals surface area contributed by atoms with Crippen molar-refractivity contribution in [1.82, 2.24) is 5.43 Å². The fraction of sp³-hybridized carbons (Fsp3) is 0.107. The van der Waals surface area contributed by atoms with Crippen molar-refractivity contribution >= 4 is 40.5 Å². The third kappa shape index (κ3) is 6.00. The van der Waals surface area contributed by atoms with Gasteiger partial charge in [0.1, 0.15) is 17.2 Å². The van der Waals surface area contributed by atoms with E-state index in [1.165, 1.54) is 6.21 Å². The van der Waals surface area contributed by atoms with Gasteiger partial charge >= 0.3 is 5.97 Å². The van der Waals surface area contributed by atoms with E-state index < -0.39 is 18.0 Å². The fourth-order valence-electron chi connectivity index (χ4n) is 3.41. The highest BCUT2D eigenvalue weighted by atomic mass is 35.5. The molecule has 1 amide bonds. The molecule has 0 unspecified atom stereocenters. The molecule has 4 aromatic carbocycles. The van der Waals surface area contributed by atoms with Crippen LogP contribution < -0.4 is 19.6 Å². The number of esters is 1. The number of methoxy groups -OCH3 is 1. The van der Waals surface area contributed by atoms with Crippen LogP contribution in [-0.4, -0.2) is 31.3 Å². The van der Waals surface area contributed by atoms with Crippen molar-refractivity contribution in [2.24, 2.45) is 5.10 Å². The van der Waals surface area contributed by atoms with Crippen molar-refractivity contribution in [2.45, 2.75) is 13.0 Å². The first kappa shape index (κ1) is 24.8. The van der Waals surface area contributed by atoms with Crippen LogP contribution in [0.1, 0.15) is 22.8 Å². The molecule has 8 heteroatoms. The molecule has 0 heterocycles. The van der Waals surface area contributed by atoms with Gasteiger partial charge < -0.3 is 14.2 Å². The molecule has 0 saturated carbocycles. The van der Waals surface area contributed by atoms with Gasteiger partial charge in [-0.25, -0.2) is 10.2 Å². The lowest BCUT2D eigenvalue weighted by Crippen LogP contribution is -2.33. The summed E-state index contributed by atoms with van der Waals surface area (Å²) < 4.78 is 16.4. The molecule has 0 aliphatic rings. The van der Waals surface area contributed by atoms with E-state index in [1.807, 2.05) is 30.3 Å². The largest absolute Gasteiger partial charge is 0.497 e. The predicted octanol–water partition coefficient (Wildman–Crippen LogP) is 5.64. The zero-order chi connectivity index (χ0) is 25.5. The van der Waals surface area contributed by atoms with E-state index in [1.54, 1.807) is 68.6 Å². The van der Waals surface area contributed by atoms with Crippen molar-refractivity contribution in [3.05, 3.63) is 101 Å². The Hall–Kier alpha value is -4.36. The maximum absolute atomic E-state index is 12.8. The standard InChI is InChI=1S/C28H23ClN2O5/c1-18(35-23-14-10-21(29)11-15-23)27(32)31-30-17-25-24-6-4-3-5-19(24)9-16-26(25)36-28(33)20-7-12-22(34-2)13-8-20/h3-18H,1-2H3,(H,31,32)/b30-17-/t18-/m0/s1. The minimum Gasteiger partial charge on any atom is -0.497 e. The average Bonchev–Trinajstić information content (AvgIpc) is 2.90. The van der Waals surface area contributed by atoms with Gasteiger partial charge in [0, 0.05) is 10.6 Å². The molecule has 0 aliphatic heterocycles. The Morgan fingerprint density at radius 2 is 1.61 bits per heavy atom. The molecular formula is C28H23ClN2O5. The number of rotatable bonds is 8. The van der Waals surface area contributed by atoms with E-state index in [9.17, 15) is 9.59 Å². The van der Waals surface area contributed by atoms with E-state index in [0.29, 0.717) is 33.4 Å². The molecule has 0 spiro atoms. The Morgan fingerprint density at radius 3 is 2.33 bits per heavy atom. The van der Waals surface area contributed by atoms with Crippen LogP contribution in [0.5, 0.6) is 17.2 Å². The van der Waals surface area contributed by atoms with E-state index in [0.717, 1.165) is 10.8 Å². The van der Waals surface area contributed by atoms with Gasteiger partial charge in [0.05, 0.1) is 18.9 Å². The van der Waals surface area contributed by atoms with E-state index in [-0.39, 0.29) is 0 Å². The molecule has 1 atom stereocenters. The Balaban J connectivity index is 1.52. The quantitative estimate of drug-likeness (QED) is 0.146. The average molecular weight is 503 g/mol. The summed E-state index contributed by atoms with van der Waals surface area (Å²) in [6.45, 7) is 1.61. The topological polar surface area (TPSA) is 86.2 Å². The van der Waals surface area contributed by atoms with Gasteiger partial charge in [-0.15, -0.1) is 0 Å². The summed E-state index contributed by atoms with van der Waals surface area (Å²) in [5.41, 5.74) is 3.39. The van der Waals surface area contributed by atoms with Gasteiger partial charge in [-0.2, -0.15) is 5.10 Å². The fourth-order valence-corrected chi connectivity index (χ4v) is 3.53. The van der Waals surface area contributed by atoms with Crippen molar-refractivity contribution in [3.8, 4) is 17.2 Å². The molecule has 4 rings (SSSR count). The lowest BCUT2D eigenvalue weighted by Gasteiger charge is -2.13. The summed E-state index contributed by atoms with van der Waals surface area (Å²) in [4.78, 5) is 25.3. The molecule has 4 aromatic rings. The van der Waals surface area contributed by atoms with E-state index in [2.05, 4.69) is 10.5 Å². The molecule has 0 fully saturated rings. The van der Waals surface area contributed by atoms with Crippen LogP contribution in [-0.2, 0) is 4.79 Å². The zero-order valence-corrected chi connectivity index (χ0v) is 20.4. The van der Waals surface area contributed by atoms with Crippen LogP contribution in [0.2, 0.25) is 5.02 Å². The number of fused-ring (bicyclic) bond motifs is 1. The molecule has 36 heavy (non-hydrogen) atoms. The third-order valence-electron chi connectivity index (χ3n) is 5.32. The third-order valence-corrected chi connectivity index (χ3v) is 5.58. The van der Waals surface area contributed by atoms with Gasteiger partial charge in [0.15, 0.2) is 6.10 Å². The highest BCUT2D eigenvalue weighted by Crippen LogP contribution is 2.27. The number of carbonyl (C=O) groups is 2. The van der Waals surface area contributed by atoms with Gasteiger partial charge in [-0.3, -0.25) is 4.79 Å². The highest BCUT2D eigenvalue weighted by Gasteiger charge is 2.16. The number of benzene rings is 4. The minimum absolute atomic E-state index is 0.304. The summed E-state index contributed by atoms with van der Waals surface area (Å²) in [5.74, 6) is 0.468. The number of nitrogens with zero attached hydrogens (tertiary/aromatic N) is 1. The van der Waals surface area contributed by atoms with Crippen molar-refractivity contribution in [2.75, 3.05) is 7.11 Å². The predicted molar refractivity (Wildman–Crippen MR) is 139 cm³/mol. The molecule has 0 bridgehead atoms. The molecule has 1 N–H and O–H groups in total. The summed E-state index contributed by atoms with van der Waals surface area (Å²) >= 11 is 5.88. The van der Waals surface area contributed by atoms with Gasteiger partial charge in [-0.05, 0) is 72.3 Å². The first-order valence-corrected chi connectivity index (χ1v) is 11.5. The molecular weight excluding hydrogens is 480 g/mol. The minimum atomic E-state index is -0.803. The van der Waals surface area contributed by atoms with Crippen LogP contribution in [0, 0.1) is 0 Å². The molecule has 0 aromatic heterocycles. The second-order valence-corrected chi connectivity index (χ2v) is 8.20. The summed E-state index contributed by atoms with van der Waals surface area (Å²) in [7, 11) is 1.55. The second kappa shape index (κ2) is 11.4. The summed E-state index contributed by atoms with van der Waals surface area (Å²) in [6.07, 6.45) is 0.648. The highest BCUT2D eigenvalue weighted by molar-refractivity contribution is 6.30.